The largest absolute Gasteiger partial charge is 0.494 e. The Balaban J connectivity index is 1.92. The highest BCUT2D eigenvalue weighted by Crippen LogP contribution is 2.13. The molecular weight excluding hydrogens is 256 g/mol. The predicted octanol–water partition coefficient (Wildman–Crippen LogP) is 0.928. The first-order chi connectivity index (χ1) is 9.60. The van der Waals surface area contributed by atoms with E-state index in [4.69, 9.17) is 4.74 Å². The van der Waals surface area contributed by atoms with Gasteiger partial charge in [-0.3, -0.25) is 9.59 Å². The number of carbonyl (C=O) groups excluding carboxylic acids is 2. The Morgan fingerprint density at radius 1 is 1.25 bits per heavy atom. The minimum atomic E-state index is -0.00406. The minimum absolute atomic E-state index is 0.00343. The number of ether oxygens (including phenoxy) is 1. The molecule has 1 aliphatic heterocycles. The smallest absolute Gasteiger partial charge is 0.241 e. The Hall–Kier alpha value is -2.04. The molecule has 1 aromatic rings. The summed E-state index contributed by atoms with van der Waals surface area (Å²) in [6.07, 6.45) is 0.323. The fourth-order valence-electron chi connectivity index (χ4n) is 2.13. The standard InChI is InChI=1S/C15H20N2O3/c1-3-20-13-6-4-12(5-7-13)10-14(18)17-9-8-16(2)15(19)11-17/h4-7H,3,8-11H2,1-2H3. The van der Waals surface area contributed by atoms with Crippen molar-refractivity contribution < 1.29 is 14.3 Å². The fourth-order valence-corrected chi connectivity index (χ4v) is 2.13. The molecule has 2 rings (SSSR count). The van der Waals surface area contributed by atoms with Gasteiger partial charge in [-0.1, -0.05) is 12.1 Å². The third-order valence-electron chi connectivity index (χ3n) is 3.40. The minimum Gasteiger partial charge on any atom is -0.494 e. The van der Waals surface area contributed by atoms with E-state index in [1.165, 1.54) is 0 Å². The molecule has 1 fully saturated rings. The van der Waals surface area contributed by atoms with Crippen molar-refractivity contribution in [2.45, 2.75) is 13.3 Å². The molecule has 0 radical (unpaired) electrons. The molecule has 5 heteroatoms. The Bertz CT molecular complexity index is 484. The van der Waals surface area contributed by atoms with Crippen LogP contribution in [0.4, 0.5) is 0 Å². The molecule has 1 aliphatic rings. The third kappa shape index (κ3) is 3.50. The maximum Gasteiger partial charge on any atom is 0.241 e. The van der Waals surface area contributed by atoms with Crippen LogP contribution in [0.5, 0.6) is 5.75 Å². The number of piperazine rings is 1. The van der Waals surface area contributed by atoms with Crippen LogP contribution in [0.1, 0.15) is 12.5 Å². The zero-order valence-electron chi connectivity index (χ0n) is 12.0. The molecule has 0 atom stereocenters. The van der Waals surface area contributed by atoms with Crippen molar-refractivity contribution in [3.05, 3.63) is 29.8 Å². The van der Waals surface area contributed by atoms with E-state index in [0.29, 0.717) is 26.1 Å². The number of amides is 2. The molecule has 1 aromatic carbocycles. The normalized spacial score (nSPS) is 15.4. The van der Waals surface area contributed by atoms with E-state index in [2.05, 4.69) is 0 Å². The Labute approximate surface area is 119 Å². The van der Waals surface area contributed by atoms with Crippen LogP contribution in [0.3, 0.4) is 0 Å². The second-order valence-corrected chi connectivity index (χ2v) is 4.88. The summed E-state index contributed by atoms with van der Waals surface area (Å²) in [4.78, 5) is 27.0. The number of nitrogens with zero attached hydrogens (tertiary/aromatic N) is 2. The molecular formula is C15H20N2O3. The van der Waals surface area contributed by atoms with Gasteiger partial charge in [0.05, 0.1) is 19.6 Å². The summed E-state index contributed by atoms with van der Waals surface area (Å²) in [6, 6.07) is 7.50. The molecule has 1 heterocycles. The average molecular weight is 276 g/mol. The van der Waals surface area contributed by atoms with E-state index in [1.54, 1.807) is 16.8 Å². The van der Waals surface area contributed by atoms with Crippen molar-refractivity contribution in [2.75, 3.05) is 33.3 Å². The summed E-state index contributed by atoms with van der Waals surface area (Å²) in [7, 11) is 1.76. The first kappa shape index (κ1) is 14.4. The second kappa shape index (κ2) is 6.41. The molecule has 108 valence electrons. The maximum absolute atomic E-state index is 12.2. The molecule has 1 saturated heterocycles. The molecule has 0 unspecified atom stereocenters. The monoisotopic (exact) mass is 276 g/mol. The Morgan fingerprint density at radius 2 is 1.95 bits per heavy atom. The van der Waals surface area contributed by atoms with Crippen molar-refractivity contribution in [3.8, 4) is 5.75 Å². The van der Waals surface area contributed by atoms with Crippen molar-refractivity contribution in [1.29, 1.82) is 0 Å². The molecule has 5 nitrogen and oxygen atoms in total. The highest BCUT2D eigenvalue weighted by Gasteiger charge is 2.24. The van der Waals surface area contributed by atoms with E-state index < -0.39 is 0 Å². The van der Waals surface area contributed by atoms with Gasteiger partial charge in [0.2, 0.25) is 11.8 Å². The number of likely N-dealkylation sites (N-methyl/N-ethyl adjacent to an activating group) is 1. The van der Waals surface area contributed by atoms with Crippen molar-refractivity contribution in [1.82, 2.24) is 9.80 Å². The van der Waals surface area contributed by atoms with Crippen molar-refractivity contribution in [3.63, 3.8) is 0 Å². The Kier molecular flexibility index (Phi) is 4.61. The number of rotatable bonds is 4. The molecule has 0 spiro atoms. The maximum atomic E-state index is 12.2. The molecule has 20 heavy (non-hydrogen) atoms. The summed E-state index contributed by atoms with van der Waals surface area (Å²) in [5, 5.41) is 0. The second-order valence-electron chi connectivity index (χ2n) is 4.88. The summed E-state index contributed by atoms with van der Waals surface area (Å²) in [5.41, 5.74) is 0.935. The van der Waals surface area contributed by atoms with Gasteiger partial charge < -0.3 is 14.5 Å². The topological polar surface area (TPSA) is 49.9 Å². The Morgan fingerprint density at radius 3 is 2.55 bits per heavy atom. The highest BCUT2D eigenvalue weighted by atomic mass is 16.5. The number of hydrogen-bond acceptors (Lipinski definition) is 3. The summed E-state index contributed by atoms with van der Waals surface area (Å²) in [6.45, 7) is 3.96. The summed E-state index contributed by atoms with van der Waals surface area (Å²) < 4.78 is 5.36. The lowest BCUT2D eigenvalue weighted by Crippen LogP contribution is -2.51. The van der Waals surface area contributed by atoms with Crippen LogP contribution in [0.15, 0.2) is 24.3 Å². The predicted molar refractivity (Wildman–Crippen MR) is 75.5 cm³/mol. The van der Waals surface area contributed by atoms with Gasteiger partial charge in [0.25, 0.3) is 0 Å². The van der Waals surface area contributed by atoms with Crippen LogP contribution in [-0.4, -0.2) is 54.9 Å². The first-order valence-electron chi connectivity index (χ1n) is 6.83. The lowest BCUT2D eigenvalue weighted by Gasteiger charge is -2.32. The molecule has 0 aromatic heterocycles. The van der Waals surface area contributed by atoms with Crippen LogP contribution >= 0.6 is 0 Å². The fraction of sp³-hybridized carbons (Fsp3) is 0.467. The van der Waals surface area contributed by atoms with E-state index in [9.17, 15) is 9.59 Å². The van der Waals surface area contributed by atoms with Gasteiger partial charge >= 0.3 is 0 Å². The average Bonchev–Trinajstić information content (AvgIpc) is 2.44. The quantitative estimate of drug-likeness (QED) is 0.822. The van der Waals surface area contributed by atoms with E-state index >= 15 is 0 Å². The van der Waals surface area contributed by atoms with Gasteiger partial charge in [-0.25, -0.2) is 0 Å². The molecule has 0 aliphatic carbocycles. The summed E-state index contributed by atoms with van der Waals surface area (Å²) in [5.74, 6) is 0.797. The van der Waals surface area contributed by atoms with Crippen LogP contribution < -0.4 is 4.74 Å². The van der Waals surface area contributed by atoms with E-state index in [1.807, 2.05) is 31.2 Å². The van der Waals surface area contributed by atoms with E-state index in [-0.39, 0.29) is 18.4 Å². The molecule has 2 amide bonds. The zero-order valence-corrected chi connectivity index (χ0v) is 12.0. The van der Waals surface area contributed by atoms with Gasteiger partial charge in [-0.05, 0) is 24.6 Å². The van der Waals surface area contributed by atoms with Gasteiger partial charge in [0, 0.05) is 20.1 Å². The number of hydrogen-bond donors (Lipinski definition) is 0. The first-order valence-corrected chi connectivity index (χ1v) is 6.83. The van der Waals surface area contributed by atoms with Gasteiger partial charge in [0.15, 0.2) is 0 Å². The molecule has 0 bridgehead atoms. The lowest BCUT2D eigenvalue weighted by molar-refractivity contribution is -0.143. The van der Waals surface area contributed by atoms with Crippen molar-refractivity contribution in [2.24, 2.45) is 0 Å². The summed E-state index contributed by atoms with van der Waals surface area (Å²) >= 11 is 0. The van der Waals surface area contributed by atoms with E-state index in [0.717, 1.165) is 11.3 Å². The van der Waals surface area contributed by atoms with Crippen LogP contribution in [-0.2, 0) is 16.0 Å². The van der Waals surface area contributed by atoms with Crippen LogP contribution in [0.2, 0.25) is 0 Å². The van der Waals surface area contributed by atoms with Gasteiger partial charge in [-0.15, -0.1) is 0 Å². The molecule has 0 N–H and O–H groups in total. The van der Waals surface area contributed by atoms with Crippen LogP contribution in [0, 0.1) is 0 Å². The van der Waals surface area contributed by atoms with Crippen molar-refractivity contribution >= 4 is 11.8 Å². The van der Waals surface area contributed by atoms with Crippen LogP contribution in [0.25, 0.3) is 0 Å². The van der Waals surface area contributed by atoms with Gasteiger partial charge in [0.1, 0.15) is 5.75 Å². The number of carbonyl (C=O) groups is 2. The zero-order chi connectivity index (χ0) is 14.5. The highest BCUT2D eigenvalue weighted by molar-refractivity contribution is 5.86. The third-order valence-corrected chi connectivity index (χ3v) is 3.40. The SMILES string of the molecule is CCOc1ccc(CC(=O)N2CCN(C)C(=O)C2)cc1. The number of benzene rings is 1. The van der Waals surface area contributed by atoms with Gasteiger partial charge in [-0.2, -0.15) is 0 Å². The molecule has 0 saturated carbocycles. The lowest BCUT2D eigenvalue weighted by atomic mass is 10.1.